The molecule has 0 radical (unpaired) electrons. The SMILES string of the molecule is CNC1CC(c2cccs2)CN(CC#N)C1. The molecular weight excluding hydrogens is 218 g/mol. The van der Waals surface area contributed by atoms with E-state index in [1.807, 2.05) is 18.4 Å². The summed E-state index contributed by atoms with van der Waals surface area (Å²) in [6.07, 6.45) is 1.18. The molecule has 2 unspecified atom stereocenters. The molecule has 0 bridgehead atoms. The van der Waals surface area contributed by atoms with Crippen LogP contribution in [0, 0.1) is 11.3 Å². The van der Waals surface area contributed by atoms with Crippen LogP contribution in [0.15, 0.2) is 17.5 Å². The van der Waals surface area contributed by atoms with Gasteiger partial charge in [0.1, 0.15) is 0 Å². The van der Waals surface area contributed by atoms with Gasteiger partial charge in [0.2, 0.25) is 0 Å². The van der Waals surface area contributed by atoms with Gasteiger partial charge in [0.05, 0.1) is 12.6 Å². The Kier molecular flexibility index (Phi) is 3.94. The Bertz CT molecular complexity index is 355. The second-order valence-corrected chi connectivity index (χ2v) is 5.27. The Labute approximate surface area is 101 Å². The third-order valence-electron chi connectivity index (χ3n) is 3.17. The van der Waals surface area contributed by atoms with Crippen LogP contribution in [-0.2, 0) is 0 Å². The summed E-state index contributed by atoms with van der Waals surface area (Å²) < 4.78 is 0. The molecule has 2 atom stereocenters. The van der Waals surface area contributed by atoms with E-state index in [2.05, 4.69) is 33.8 Å². The molecular formula is C12H17N3S. The van der Waals surface area contributed by atoms with E-state index in [0.29, 0.717) is 18.5 Å². The van der Waals surface area contributed by atoms with Crippen molar-refractivity contribution in [3.05, 3.63) is 22.4 Å². The molecule has 1 aromatic heterocycles. The van der Waals surface area contributed by atoms with E-state index < -0.39 is 0 Å². The molecule has 0 amide bonds. The Hall–Kier alpha value is -0.890. The highest BCUT2D eigenvalue weighted by Crippen LogP contribution is 2.29. The summed E-state index contributed by atoms with van der Waals surface area (Å²) in [5.74, 6) is 0.583. The first-order valence-electron chi connectivity index (χ1n) is 5.63. The van der Waals surface area contributed by atoms with Crippen molar-refractivity contribution in [2.24, 2.45) is 0 Å². The first-order chi connectivity index (χ1) is 7.83. The Morgan fingerprint density at radius 1 is 1.62 bits per heavy atom. The summed E-state index contributed by atoms with van der Waals surface area (Å²) in [5.41, 5.74) is 0. The minimum Gasteiger partial charge on any atom is -0.316 e. The van der Waals surface area contributed by atoms with Gasteiger partial charge in [0.25, 0.3) is 0 Å². The van der Waals surface area contributed by atoms with Crippen LogP contribution in [0.5, 0.6) is 0 Å². The molecule has 1 aliphatic rings. The van der Waals surface area contributed by atoms with Gasteiger partial charge >= 0.3 is 0 Å². The second-order valence-electron chi connectivity index (χ2n) is 4.29. The first kappa shape index (κ1) is 11.6. The molecule has 1 aromatic rings. The lowest BCUT2D eigenvalue weighted by Crippen LogP contribution is -2.47. The molecule has 4 heteroatoms. The molecule has 1 N–H and O–H groups in total. The van der Waals surface area contributed by atoms with Crippen molar-refractivity contribution in [3.8, 4) is 6.07 Å². The van der Waals surface area contributed by atoms with Crippen molar-refractivity contribution in [2.45, 2.75) is 18.4 Å². The number of hydrogen-bond acceptors (Lipinski definition) is 4. The van der Waals surface area contributed by atoms with Crippen molar-refractivity contribution in [1.29, 1.82) is 5.26 Å². The fourth-order valence-electron chi connectivity index (χ4n) is 2.36. The molecule has 16 heavy (non-hydrogen) atoms. The number of nitrogens with one attached hydrogen (secondary N) is 1. The smallest absolute Gasteiger partial charge is 0.0866 e. The Balaban J connectivity index is 2.06. The minimum absolute atomic E-state index is 0.509. The lowest BCUT2D eigenvalue weighted by atomic mass is 9.93. The molecule has 2 heterocycles. The molecule has 1 fully saturated rings. The summed E-state index contributed by atoms with van der Waals surface area (Å²) in [5, 5.41) is 14.3. The maximum atomic E-state index is 8.78. The summed E-state index contributed by atoms with van der Waals surface area (Å²) in [7, 11) is 2.01. The predicted molar refractivity (Wildman–Crippen MR) is 66.6 cm³/mol. The van der Waals surface area contributed by atoms with E-state index in [0.717, 1.165) is 13.1 Å². The van der Waals surface area contributed by atoms with Gasteiger partial charge in [-0.2, -0.15) is 5.26 Å². The van der Waals surface area contributed by atoms with Crippen LogP contribution in [0.4, 0.5) is 0 Å². The van der Waals surface area contributed by atoms with Crippen LogP contribution < -0.4 is 5.32 Å². The number of likely N-dealkylation sites (tertiary alicyclic amines) is 1. The first-order valence-corrected chi connectivity index (χ1v) is 6.51. The van der Waals surface area contributed by atoms with Crippen LogP contribution in [0.2, 0.25) is 0 Å². The average Bonchev–Trinajstić information content (AvgIpc) is 2.82. The molecule has 0 aromatic carbocycles. The maximum absolute atomic E-state index is 8.78. The molecule has 0 aliphatic carbocycles. The van der Waals surface area contributed by atoms with E-state index >= 15 is 0 Å². The zero-order chi connectivity index (χ0) is 11.4. The van der Waals surface area contributed by atoms with Crippen LogP contribution in [-0.4, -0.2) is 37.6 Å². The van der Waals surface area contributed by atoms with Gasteiger partial charge in [-0.3, -0.25) is 4.90 Å². The zero-order valence-electron chi connectivity index (χ0n) is 9.52. The van der Waals surface area contributed by atoms with Crippen molar-refractivity contribution >= 4 is 11.3 Å². The van der Waals surface area contributed by atoms with Gasteiger partial charge in [-0.1, -0.05) is 6.07 Å². The van der Waals surface area contributed by atoms with Gasteiger partial charge in [0, 0.05) is 29.9 Å². The highest BCUT2D eigenvalue weighted by atomic mass is 32.1. The number of rotatable bonds is 3. The fraction of sp³-hybridized carbons (Fsp3) is 0.583. The van der Waals surface area contributed by atoms with Gasteiger partial charge in [0.15, 0.2) is 0 Å². The highest BCUT2D eigenvalue weighted by Gasteiger charge is 2.27. The summed E-state index contributed by atoms with van der Waals surface area (Å²) in [4.78, 5) is 3.69. The average molecular weight is 235 g/mol. The van der Waals surface area contributed by atoms with Gasteiger partial charge in [-0.25, -0.2) is 0 Å². The number of nitrogens with zero attached hydrogens (tertiary/aromatic N) is 2. The highest BCUT2D eigenvalue weighted by molar-refractivity contribution is 7.10. The number of nitriles is 1. The Morgan fingerprint density at radius 2 is 2.50 bits per heavy atom. The van der Waals surface area contributed by atoms with E-state index in [9.17, 15) is 0 Å². The van der Waals surface area contributed by atoms with E-state index in [1.165, 1.54) is 11.3 Å². The number of thiophene rings is 1. The summed E-state index contributed by atoms with van der Waals surface area (Å²) in [6.45, 7) is 2.55. The monoisotopic (exact) mass is 235 g/mol. The number of hydrogen-bond donors (Lipinski definition) is 1. The number of piperidine rings is 1. The normalized spacial score (nSPS) is 26.5. The lowest BCUT2D eigenvalue weighted by molar-refractivity contribution is 0.195. The lowest BCUT2D eigenvalue weighted by Gasteiger charge is -2.36. The van der Waals surface area contributed by atoms with Crippen LogP contribution in [0.1, 0.15) is 17.2 Å². The van der Waals surface area contributed by atoms with E-state index in [-0.39, 0.29) is 0 Å². The van der Waals surface area contributed by atoms with E-state index in [1.54, 1.807) is 0 Å². The molecule has 2 rings (SSSR count). The van der Waals surface area contributed by atoms with Crippen molar-refractivity contribution in [3.63, 3.8) is 0 Å². The fourth-order valence-corrected chi connectivity index (χ4v) is 3.19. The van der Waals surface area contributed by atoms with Gasteiger partial charge in [-0.15, -0.1) is 11.3 Å². The quantitative estimate of drug-likeness (QED) is 0.810. The molecule has 3 nitrogen and oxygen atoms in total. The third-order valence-corrected chi connectivity index (χ3v) is 4.21. The Morgan fingerprint density at radius 3 is 3.12 bits per heavy atom. The van der Waals surface area contributed by atoms with E-state index in [4.69, 9.17) is 5.26 Å². The van der Waals surface area contributed by atoms with Crippen molar-refractivity contribution in [1.82, 2.24) is 10.2 Å². The maximum Gasteiger partial charge on any atom is 0.0866 e. The van der Waals surface area contributed by atoms with Crippen LogP contribution >= 0.6 is 11.3 Å². The largest absolute Gasteiger partial charge is 0.316 e. The molecule has 0 spiro atoms. The second kappa shape index (κ2) is 5.44. The zero-order valence-corrected chi connectivity index (χ0v) is 10.3. The summed E-state index contributed by atoms with van der Waals surface area (Å²) in [6, 6.07) is 7.07. The topological polar surface area (TPSA) is 39.1 Å². The van der Waals surface area contributed by atoms with Crippen LogP contribution in [0.3, 0.4) is 0 Å². The van der Waals surface area contributed by atoms with Gasteiger partial charge in [-0.05, 0) is 24.9 Å². The van der Waals surface area contributed by atoms with Crippen molar-refractivity contribution in [2.75, 3.05) is 26.7 Å². The minimum atomic E-state index is 0.509. The molecule has 1 saturated heterocycles. The number of likely N-dealkylation sites (N-methyl/N-ethyl adjacent to an activating group) is 1. The summed E-state index contributed by atoms with van der Waals surface area (Å²) >= 11 is 1.82. The third kappa shape index (κ3) is 2.62. The molecule has 86 valence electrons. The standard InChI is InChI=1S/C12H17N3S/c1-14-11-7-10(12-3-2-6-16-12)8-15(9-11)5-4-13/h2-3,6,10-11,14H,5,7-9H2,1H3. The molecule has 0 saturated carbocycles. The predicted octanol–water partition coefficient (Wildman–Crippen LogP) is 1.65. The van der Waals surface area contributed by atoms with Crippen molar-refractivity contribution < 1.29 is 0 Å². The van der Waals surface area contributed by atoms with Gasteiger partial charge < -0.3 is 5.32 Å². The van der Waals surface area contributed by atoms with Crippen LogP contribution in [0.25, 0.3) is 0 Å². The molecule has 1 aliphatic heterocycles.